The minimum Gasteiger partial charge on any atom is -0.504 e. The monoisotopic (exact) mass is 381 g/mol. The largest absolute Gasteiger partial charge is 0.504 e. The topological polar surface area (TPSA) is 91.2 Å². The van der Waals surface area contributed by atoms with E-state index < -0.39 is 6.10 Å². The molecular weight excluding hydrogens is 358 g/mol. The van der Waals surface area contributed by atoms with Crippen LogP contribution >= 0.6 is 11.6 Å². The van der Waals surface area contributed by atoms with Crippen molar-refractivity contribution >= 4 is 11.6 Å². The summed E-state index contributed by atoms with van der Waals surface area (Å²) in [5, 5.41) is 32.7. The summed E-state index contributed by atoms with van der Waals surface area (Å²) >= 11 is 6.02. The lowest BCUT2D eigenvalue weighted by molar-refractivity contribution is 0.170. The van der Waals surface area contributed by atoms with E-state index in [1.165, 1.54) is 12.1 Å². The molecule has 2 aromatic rings. The van der Waals surface area contributed by atoms with E-state index in [0.29, 0.717) is 17.1 Å². The van der Waals surface area contributed by atoms with Gasteiger partial charge in [0.2, 0.25) is 0 Å². The molecular formula is C19H24ClNO5. The number of nitrogens with one attached hydrogen (secondary N) is 1. The van der Waals surface area contributed by atoms with Gasteiger partial charge in [-0.2, -0.15) is 0 Å². The Balaban J connectivity index is 1.96. The van der Waals surface area contributed by atoms with Gasteiger partial charge in [-0.1, -0.05) is 17.7 Å². The number of aliphatic hydroxyl groups is 1. The van der Waals surface area contributed by atoms with Gasteiger partial charge in [0.1, 0.15) is 0 Å². The zero-order chi connectivity index (χ0) is 19.3. The Labute approximate surface area is 158 Å². The van der Waals surface area contributed by atoms with Crippen LogP contribution in [-0.4, -0.2) is 42.1 Å². The van der Waals surface area contributed by atoms with Gasteiger partial charge >= 0.3 is 0 Å². The van der Waals surface area contributed by atoms with Crippen LogP contribution in [0.4, 0.5) is 0 Å². The zero-order valence-electron chi connectivity index (χ0n) is 15.0. The van der Waals surface area contributed by atoms with Crippen molar-refractivity contribution in [2.24, 2.45) is 0 Å². The molecule has 2 aromatic carbocycles. The molecule has 26 heavy (non-hydrogen) atoms. The quantitative estimate of drug-likeness (QED) is 0.525. The zero-order valence-corrected chi connectivity index (χ0v) is 15.7. The van der Waals surface area contributed by atoms with Crippen molar-refractivity contribution in [3.8, 4) is 23.0 Å². The Morgan fingerprint density at radius 2 is 1.69 bits per heavy atom. The molecule has 2 atom stereocenters. The van der Waals surface area contributed by atoms with Crippen molar-refractivity contribution in [2.45, 2.75) is 25.5 Å². The Morgan fingerprint density at radius 3 is 2.35 bits per heavy atom. The number of hydrogen-bond donors (Lipinski definition) is 4. The molecule has 0 aliphatic carbocycles. The highest BCUT2D eigenvalue weighted by Gasteiger charge is 2.16. The lowest BCUT2D eigenvalue weighted by atomic mass is 10.0. The van der Waals surface area contributed by atoms with E-state index in [2.05, 4.69) is 5.32 Å². The first-order valence-corrected chi connectivity index (χ1v) is 8.57. The van der Waals surface area contributed by atoms with Gasteiger partial charge in [-0.3, -0.25) is 0 Å². The van der Waals surface area contributed by atoms with Crippen LogP contribution in [0.15, 0.2) is 30.3 Å². The summed E-state index contributed by atoms with van der Waals surface area (Å²) in [6.45, 7) is 2.25. The summed E-state index contributed by atoms with van der Waals surface area (Å²) in [4.78, 5) is 0. The third-order valence-corrected chi connectivity index (χ3v) is 4.43. The molecule has 0 radical (unpaired) electrons. The van der Waals surface area contributed by atoms with E-state index in [9.17, 15) is 15.3 Å². The van der Waals surface area contributed by atoms with E-state index in [1.54, 1.807) is 14.2 Å². The second-order valence-electron chi connectivity index (χ2n) is 6.08. The van der Waals surface area contributed by atoms with Gasteiger partial charge in [-0.25, -0.2) is 0 Å². The third-order valence-electron chi connectivity index (χ3n) is 4.10. The predicted molar refractivity (Wildman–Crippen MR) is 100 cm³/mol. The Bertz CT molecular complexity index is 753. The van der Waals surface area contributed by atoms with Gasteiger partial charge < -0.3 is 30.1 Å². The highest BCUT2D eigenvalue weighted by Crippen LogP contribution is 2.34. The molecule has 0 bridgehead atoms. The minimum absolute atomic E-state index is 0.0761. The van der Waals surface area contributed by atoms with Crippen LogP contribution in [0.1, 0.15) is 24.2 Å². The lowest BCUT2D eigenvalue weighted by Gasteiger charge is -2.19. The predicted octanol–water partition coefficient (Wildman–Crippen LogP) is 3.02. The van der Waals surface area contributed by atoms with Gasteiger partial charge in [0.15, 0.2) is 23.0 Å². The molecule has 0 fully saturated rings. The fourth-order valence-electron chi connectivity index (χ4n) is 2.68. The van der Waals surface area contributed by atoms with Gasteiger partial charge in [-0.15, -0.1) is 0 Å². The molecule has 0 saturated heterocycles. The number of aromatic hydroxyl groups is 2. The number of halogens is 1. The Morgan fingerprint density at radius 1 is 1.04 bits per heavy atom. The third kappa shape index (κ3) is 4.94. The summed E-state index contributed by atoms with van der Waals surface area (Å²) in [5.74, 6) is 0.709. The number of aliphatic hydroxyl groups excluding tert-OH is 1. The number of phenols is 2. The van der Waals surface area contributed by atoms with Gasteiger partial charge in [0, 0.05) is 24.2 Å². The summed E-state index contributed by atoms with van der Waals surface area (Å²) in [6, 6.07) is 8.29. The average Bonchev–Trinajstić information content (AvgIpc) is 2.62. The van der Waals surface area contributed by atoms with E-state index in [4.69, 9.17) is 21.1 Å². The maximum atomic E-state index is 10.3. The van der Waals surface area contributed by atoms with Crippen LogP contribution in [0, 0.1) is 0 Å². The summed E-state index contributed by atoms with van der Waals surface area (Å²) in [6.07, 6.45) is -0.191. The van der Waals surface area contributed by atoms with Crippen LogP contribution in [0.3, 0.4) is 0 Å². The number of phenolic OH excluding ortho intramolecular Hbond substituents is 2. The summed E-state index contributed by atoms with van der Waals surface area (Å²) in [7, 11) is 3.19. The molecule has 0 amide bonds. The average molecular weight is 382 g/mol. The van der Waals surface area contributed by atoms with Crippen molar-refractivity contribution < 1.29 is 24.8 Å². The van der Waals surface area contributed by atoms with Crippen LogP contribution in [0.2, 0.25) is 5.02 Å². The number of benzene rings is 2. The normalized spacial score (nSPS) is 13.3. The second-order valence-corrected chi connectivity index (χ2v) is 6.49. The maximum absolute atomic E-state index is 10.3. The molecule has 4 N–H and O–H groups in total. The molecule has 2 rings (SSSR count). The first-order chi connectivity index (χ1) is 12.3. The Kier molecular flexibility index (Phi) is 6.97. The van der Waals surface area contributed by atoms with Crippen LogP contribution in [0.25, 0.3) is 0 Å². The lowest BCUT2D eigenvalue weighted by Crippen LogP contribution is -2.32. The van der Waals surface area contributed by atoms with Crippen molar-refractivity contribution in [3.05, 3.63) is 46.5 Å². The smallest absolute Gasteiger partial charge is 0.160 e. The SMILES string of the molecule is COc1ccc(CC(C)NCC(O)c2cc(O)c(O)cc2Cl)cc1OC. The first kappa shape index (κ1) is 20.2. The standard InChI is InChI=1S/C19H24ClNO5/c1-11(6-12-4-5-18(25-2)19(7-12)26-3)21-10-17(24)13-8-15(22)16(23)9-14(13)20/h4-5,7-9,11,17,21-24H,6,10H2,1-3H3. The number of methoxy groups -OCH3 is 2. The number of rotatable bonds is 8. The molecule has 0 aliphatic rings. The van der Waals surface area contributed by atoms with Crippen molar-refractivity contribution in [3.63, 3.8) is 0 Å². The van der Waals surface area contributed by atoms with Crippen molar-refractivity contribution in [2.75, 3.05) is 20.8 Å². The van der Waals surface area contributed by atoms with Crippen molar-refractivity contribution in [1.29, 1.82) is 0 Å². The Hall–Kier alpha value is -2.15. The number of hydrogen-bond acceptors (Lipinski definition) is 6. The molecule has 0 aliphatic heterocycles. The van der Waals surface area contributed by atoms with Gasteiger partial charge in [-0.05, 0) is 37.1 Å². The molecule has 0 saturated carbocycles. The highest BCUT2D eigenvalue weighted by molar-refractivity contribution is 6.31. The van der Waals surface area contributed by atoms with E-state index in [-0.39, 0.29) is 29.1 Å². The van der Waals surface area contributed by atoms with Gasteiger partial charge in [0.25, 0.3) is 0 Å². The molecule has 7 heteroatoms. The van der Waals surface area contributed by atoms with E-state index in [0.717, 1.165) is 12.0 Å². The highest BCUT2D eigenvalue weighted by atomic mass is 35.5. The summed E-state index contributed by atoms with van der Waals surface area (Å²) < 4.78 is 10.5. The minimum atomic E-state index is -0.915. The fraction of sp³-hybridized carbons (Fsp3) is 0.368. The number of ether oxygens (including phenoxy) is 2. The molecule has 142 valence electrons. The maximum Gasteiger partial charge on any atom is 0.160 e. The molecule has 0 spiro atoms. The van der Waals surface area contributed by atoms with E-state index in [1.807, 2.05) is 25.1 Å². The van der Waals surface area contributed by atoms with E-state index >= 15 is 0 Å². The second kappa shape index (κ2) is 8.98. The van der Waals surface area contributed by atoms with Crippen molar-refractivity contribution in [1.82, 2.24) is 5.32 Å². The summed E-state index contributed by atoms with van der Waals surface area (Å²) in [5.41, 5.74) is 1.42. The van der Waals surface area contributed by atoms with Crippen LogP contribution in [-0.2, 0) is 6.42 Å². The first-order valence-electron chi connectivity index (χ1n) is 8.19. The van der Waals surface area contributed by atoms with Crippen LogP contribution in [0.5, 0.6) is 23.0 Å². The molecule has 0 heterocycles. The molecule has 6 nitrogen and oxygen atoms in total. The molecule has 2 unspecified atom stereocenters. The van der Waals surface area contributed by atoms with Gasteiger partial charge in [0.05, 0.1) is 25.3 Å². The molecule has 0 aromatic heterocycles. The fourth-order valence-corrected chi connectivity index (χ4v) is 2.96. The van der Waals surface area contributed by atoms with Crippen LogP contribution < -0.4 is 14.8 Å².